The number of nitrogens with zero attached hydrogens (tertiary/aromatic N) is 4. The second-order valence-electron chi connectivity index (χ2n) is 15.3. The van der Waals surface area contributed by atoms with Crippen LogP contribution in [0.2, 0.25) is 0 Å². The van der Waals surface area contributed by atoms with Gasteiger partial charge >= 0.3 is 5.97 Å². The van der Waals surface area contributed by atoms with E-state index in [1.54, 1.807) is 17.0 Å². The van der Waals surface area contributed by atoms with E-state index in [4.69, 9.17) is 14.5 Å². The van der Waals surface area contributed by atoms with Crippen LogP contribution in [0.3, 0.4) is 0 Å². The lowest BCUT2D eigenvalue weighted by Crippen LogP contribution is -2.53. The molecule has 1 saturated carbocycles. The Morgan fingerprint density at radius 3 is 2.04 bits per heavy atom. The van der Waals surface area contributed by atoms with Crippen molar-refractivity contribution in [1.82, 2.24) is 14.7 Å². The lowest BCUT2D eigenvalue weighted by atomic mass is 9.90. The average molecular weight is 723 g/mol. The number of rotatable bonds is 13. The molecule has 1 heterocycles. The largest absolute Gasteiger partial charge is 0.494 e. The van der Waals surface area contributed by atoms with Crippen LogP contribution in [0.15, 0.2) is 83.9 Å². The molecule has 2 aliphatic rings. The topological polar surface area (TPSA) is 109 Å². The van der Waals surface area contributed by atoms with Crippen molar-refractivity contribution < 1.29 is 28.7 Å². The number of ether oxygens (including phenoxy) is 2. The number of imide groups is 1. The van der Waals surface area contributed by atoms with Crippen LogP contribution >= 0.6 is 0 Å². The Labute approximate surface area is 314 Å². The van der Waals surface area contributed by atoms with E-state index in [1.807, 2.05) is 106 Å². The first kappa shape index (κ1) is 39.2. The molecule has 0 radical (unpaired) electrons. The first-order chi connectivity index (χ1) is 25.4. The highest BCUT2D eigenvalue weighted by Gasteiger charge is 2.35. The maximum atomic E-state index is 14.1. The Balaban J connectivity index is 1.38. The molecule has 0 aromatic heterocycles. The SMILES string of the molecule is CC(OC(=O)CN1Cc2cc(OCCCC(=O)N(C)C3CCCCC3)ccc2N=C1N(C(=O)Cc1ccccc1)C(=O)Cc1ccccc1)C(C)(C)C. The van der Waals surface area contributed by atoms with Crippen molar-refractivity contribution in [3.63, 3.8) is 0 Å². The normalized spacial score (nSPS) is 15.1. The van der Waals surface area contributed by atoms with Gasteiger partial charge in [-0.05, 0) is 60.9 Å². The highest BCUT2D eigenvalue weighted by molar-refractivity contribution is 6.14. The lowest BCUT2D eigenvalue weighted by Gasteiger charge is -2.35. The van der Waals surface area contributed by atoms with E-state index >= 15 is 0 Å². The standard InChI is InChI=1S/C43H54N4O6/c1-31(43(2,3)4)53-41(51)30-46-29-34-28-36(52-25-15-22-38(48)45(5)35-20-13-8-14-21-35)23-24-37(34)44-42(46)47(39(49)26-32-16-9-6-10-17-32)40(50)27-33-18-11-7-12-19-33/h6-7,9-12,16-19,23-24,28,31,35H,8,13-15,20-22,25-27,29-30H2,1-5H3. The summed E-state index contributed by atoms with van der Waals surface area (Å²) in [5, 5.41) is 0. The third kappa shape index (κ3) is 11.0. The van der Waals surface area contributed by atoms with E-state index in [1.165, 1.54) is 19.3 Å². The Morgan fingerprint density at radius 1 is 0.849 bits per heavy atom. The molecule has 282 valence electrons. The second kappa shape index (κ2) is 18.2. The van der Waals surface area contributed by atoms with Crippen molar-refractivity contribution in [2.45, 2.75) is 104 Å². The Kier molecular flexibility index (Phi) is 13.4. The van der Waals surface area contributed by atoms with Gasteiger partial charge in [-0.2, -0.15) is 0 Å². The summed E-state index contributed by atoms with van der Waals surface area (Å²) in [4.78, 5) is 64.0. The van der Waals surface area contributed by atoms with Crippen molar-refractivity contribution in [3.05, 3.63) is 95.6 Å². The quantitative estimate of drug-likeness (QED) is 0.135. The van der Waals surface area contributed by atoms with Crippen LogP contribution in [-0.2, 0) is 43.3 Å². The maximum Gasteiger partial charge on any atom is 0.325 e. The van der Waals surface area contributed by atoms with Crippen molar-refractivity contribution in [2.24, 2.45) is 10.4 Å². The molecule has 5 rings (SSSR count). The van der Waals surface area contributed by atoms with Crippen LogP contribution in [-0.4, -0.2) is 76.7 Å². The number of carbonyl (C=O) groups excluding carboxylic acids is 4. The zero-order valence-electron chi connectivity index (χ0n) is 31.9. The second-order valence-corrected chi connectivity index (χ2v) is 15.3. The van der Waals surface area contributed by atoms with Gasteiger partial charge in [-0.15, -0.1) is 0 Å². The Hall–Kier alpha value is -4.99. The summed E-state index contributed by atoms with van der Waals surface area (Å²) in [7, 11) is 1.91. The predicted molar refractivity (Wildman–Crippen MR) is 205 cm³/mol. The molecule has 0 saturated heterocycles. The van der Waals surface area contributed by atoms with Gasteiger partial charge in [0.1, 0.15) is 18.4 Å². The molecule has 1 fully saturated rings. The first-order valence-corrected chi connectivity index (χ1v) is 18.9. The van der Waals surface area contributed by atoms with Gasteiger partial charge in [-0.1, -0.05) is 101 Å². The van der Waals surface area contributed by atoms with Crippen LogP contribution in [0.4, 0.5) is 5.69 Å². The van der Waals surface area contributed by atoms with Crippen molar-refractivity contribution >= 4 is 35.3 Å². The molecular formula is C43H54N4O6. The Bertz CT molecular complexity index is 1690. The molecule has 10 nitrogen and oxygen atoms in total. The smallest absolute Gasteiger partial charge is 0.325 e. The number of esters is 1. The number of aliphatic imine (C=N–C) groups is 1. The molecule has 53 heavy (non-hydrogen) atoms. The number of carbonyl (C=O) groups is 4. The van der Waals surface area contributed by atoms with Crippen molar-refractivity contribution in [2.75, 3.05) is 20.2 Å². The fraction of sp³-hybridized carbons (Fsp3) is 0.465. The molecule has 0 bridgehead atoms. The maximum absolute atomic E-state index is 14.1. The summed E-state index contributed by atoms with van der Waals surface area (Å²) in [5.41, 5.74) is 2.55. The molecule has 1 unspecified atom stereocenters. The minimum atomic E-state index is -0.496. The monoisotopic (exact) mass is 722 g/mol. The first-order valence-electron chi connectivity index (χ1n) is 18.9. The van der Waals surface area contributed by atoms with E-state index in [-0.39, 0.29) is 49.3 Å². The highest BCUT2D eigenvalue weighted by Crippen LogP contribution is 2.32. The lowest BCUT2D eigenvalue weighted by molar-refractivity contribution is -0.154. The van der Waals surface area contributed by atoms with E-state index < -0.39 is 17.8 Å². The number of hydrogen-bond donors (Lipinski definition) is 0. The van der Waals surface area contributed by atoms with Gasteiger partial charge in [0, 0.05) is 31.6 Å². The van der Waals surface area contributed by atoms with Crippen molar-refractivity contribution in [1.29, 1.82) is 0 Å². The average Bonchev–Trinajstić information content (AvgIpc) is 3.14. The third-order valence-corrected chi connectivity index (χ3v) is 10.2. The number of benzene rings is 3. The van der Waals surface area contributed by atoms with E-state index in [2.05, 4.69) is 0 Å². The number of hydrogen-bond acceptors (Lipinski definition) is 8. The van der Waals surface area contributed by atoms with Crippen LogP contribution in [0.1, 0.15) is 89.3 Å². The molecule has 10 heteroatoms. The fourth-order valence-corrected chi connectivity index (χ4v) is 6.55. The minimum Gasteiger partial charge on any atom is -0.494 e. The zero-order chi connectivity index (χ0) is 38.0. The Morgan fingerprint density at radius 2 is 1.45 bits per heavy atom. The van der Waals surface area contributed by atoms with E-state index in [0.29, 0.717) is 36.9 Å². The van der Waals surface area contributed by atoms with E-state index in [0.717, 1.165) is 34.4 Å². The molecule has 1 aliphatic carbocycles. The summed E-state index contributed by atoms with van der Waals surface area (Å²) in [5.74, 6) is -0.576. The summed E-state index contributed by atoms with van der Waals surface area (Å²) >= 11 is 0. The van der Waals surface area contributed by atoms with Crippen LogP contribution in [0.25, 0.3) is 0 Å². The van der Waals surface area contributed by atoms with Gasteiger partial charge in [-0.25, -0.2) is 9.89 Å². The highest BCUT2D eigenvalue weighted by atomic mass is 16.5. The van der Waals surface area contributed by atoms with E-state index in [9.17, 15) is 19.2 Å². The minimum absolute atomic E-state index is 0.0294. The summed E-state index contributed by atoms with van der Waals surface area (Å²) in [6, 6.07) is 24.3. The number of guanidine groups is 1. The molecule has 3 aromatic rings. The number of fused-ring (bicyclic) bond motifs is 1. The molecule has 1 atom stereocenters. The third-order valence-electron chi connectivity index (χ3n) is 10.2. The molecule has 0 N–H and O–H groups in total. The predicted octanol–water partition coefficient (Wildman–Crippen LogP) is 7.26. The van der Waals surface area contributed by atoms with Crippen LogP contribution < -0.4 is 4.74 Å². The van der Waals surface area contributed by atoms with Crippen molar-refractivity contribution in [3.8, 4) is 5.75 Å². The number of amides is 3. The zero-order valence-corrected chi connectivity index (χ0v) is 31.9. The van der Waals surface area contributed by atoms with Gasteiger partial charge in [-0.3, -0.25) is 19.2 Å². The molecule has 3 aromatic carbocycles. The molecule has 0 spiro atoms. The van der Waals surface area contributed by atoms with Gasteiger partial charge in [0.25, 0.3) is 0 Å². The van der Waals surface area contributed by atoms with Gasteiger partial charge in [0.15, 0.2) is 0 Å². The van der Waals surface area contributed by atoms with Gasteiger partial charge < -0.3 is 19.3 Å². The summed E-state index contributed by atoms with van der Waals surface area (Å²) in [6.45, 7) is 8.16. The molecule has 1 aliphatic heterocycles. The molecule has 3 amide bonds. The fourth-order valence-electron chi connectivity index (χ4n) is 6.55. The van der Waals surface area contributed by atoms with Gasteiger partial charge in [0.2, 0.25) is 23.7 Å². The summed E-state index contributed by atoms with van der Waals surface area (Å²) in [6.07, 6.45) is 6.31. The molecular weight excluding hydrogens is 668 g/mol. The summed E-state index contributed by atoms with van der Waals surface area (Å²) < 4.78 is 11.9. The van der Waals surface area contributed by atoms with Crippen LogP contribution in [0.5, 0.6) is 5.75 Å². The van der Waals surface area contributed by atoms with Crippen LogP contribution in [0, 0.1) is 5.41 Å². The van der Waals surface area contributed by atoms with Gasteiger partial charge in [0.05, 0.1) is 25.1 Å².